The SMILES string of the molecule is CN=C(NCCOC1CCCCCC1)N1CCN(S(=O)(=O)Cc2ccon2)CC1. The third-order valence-corrected chi connectivity index (χ3v) is 7.32. The Kier molecular flexibility index (Phi) is 8.31. The van der Waals surface area contributed by atoms with Crippen LogP contribution in [0.4, 0.5) is 0 Å². The van der Waals surface area contributed by atoms with Gasteiger partial charge in [0.1, 0.15) is 12.0 Å². The Morgan fingerprint density at radius 1 is 1.24 bits per heavy atom. The highest BCUT2D eigenvalue weighted by atomic mass is 32.2. The molecule has 1 aromatic rings. The Labute approximate surface area is 173 Å². The molecule has 1 aromatic heterocycles. The number of nitrogens with one attached hydrogen (secondary N) is 1. The minimum Gasteiger partial charge on any atom is -0.376 e. The average Bonchev–Trinajstić information content (AvgIpc) is 3.08. The topological polar surface area (TPSA) is 100 Å². The molecule has 164 valence electrons. The van der Waals surface area contributed by atoms with Gasteiger partial charge < -0.3 is 19.5 Å². The highest BCUT2D eigenvalue weighted by Crippen LogP contribution is 2.19. The van der Waals surface area contributed by atoms with Crippen molar-refractivity contribution in [2.24, 2.45) is 4.99 Å². The maximum Gasteiger partial charge on any atom is 0.220 e. The van der Waals surface area contributed by atoms with Gasteiger partial charge in [0.05, 0.1) is 18.4 Å². The van der Waals surface area contributed by atoms with Crippen LogP contribution >= 0.6 is 0 Å². The van der Waals surface area contributed by atoms with Crippen molar-refractivity contribution in [2.75, 3.05) is 46.4 Å². The van der Waals surface area contributed by atoms with E-state index in [0.29, 0.717) is 51.1 Å². The van der Waals surface area contributed by atoms with E-state index in [0.717, 1.165) is 5.96 Å². The van der Waals surface area contributed by atoms with Gasteiger partial charge in [0.15, 0.2) is 5.96 Å². The first-order valence-corrected chi connectivity index (χ1v) is 12.1. The molecule has 2 fully saturated rings. The minimum atomic E-state index is -3.39. The van der Waals surface area contributed by atoms with Gasteiger partial charge in [-0.15, -0.1) is 0 Å². The van der Waals surface area contributed by atoms with Gasteiger partial charge in [-0.05, 0) is 12.8 Å². The first-order chi connectivity index (χ1) is 14.1. The maximum absolute atomic E-state index is 12.5. The summed E-state index contributed by atoms with van der Waals surface area (Å²) < 4.78 is 37.4. The lowest BCUT2D eigenvalue weighted by Crippen LogP contribution is -2.54. The first kappa shape index (κ1) is 22.0. The van der Waals surface area contributed by atoms with Gasteiger partial charge in [0, 0.05) is 45.8 Å². The summed E-state index contributed by atoms with van der Waals surface area (Å²) in [6.07, 6.45) is 9.29. The zero-order valence-electron chi connectivity index (χ0n) is 17.3. The van der Waals surface area contributed by atoms with Crippen molar-refractivity contribution in [3.8, 4) is 0 Å². The Bertz CT molecular complexity index is 722. The molecule has 0 spiro atoms. The summed E-state index contributed by atoms with van der Waals surface area (Å²) in [6, 6.07) is 1.58. The predicted octanol–water partition coefficient (Wildman–Crippen LogP) is 1.44. The number of guanidine groups is 1. The van der Waals surface area contributed by atoms with E-state index in [1.54, 1.807) is 13.1 Å². The molecule has 0 bridgehead atoms. The number of aromatic nitrogens is 1. The molecular formula is C19H33N5O4S. The lowest BCUT2D eigenvalue weighted by atomic mass is 10.1. The van der Waals surface area contributed by atoms with Crippen molar-refractivity contribution >= 4 is 16.0 Å². The first-order valence-electron chi connectivity index (χ1n) is 10.5. The summed E-state index contributed by atoms with van der Waals surface area (Å²) in [5.74, 6) is 0.664. The maximum atomic E-state index is 12.5. The van der Waals surface area contributed by atoms with E-state index in [2.05, 4.69) is 20.4 Å². The lowest BCUT2D eigenvalue weighted by Gasteiger charge is -2.35. The van der Waals surface area contributed by atoms with E-state index in [1.165, 1.54) is 49.1 Å². The molecule has 0 radical (unpaired) electrons. The van der Waals surface area contributed by atoms with Gasteiger partial charge in [-0.25, -0.2) is 8.42 Å². The van der Waals surface area contributed by atoms with E-state index < -0.39 is 10.0 Å². The highest BCUT2D eigenvalue weighted by Gasteiger charge is 2.29. The second kappa shape index (κ2) is 10.9. The number of hydrogen-bond acceptors (Lipinski definition) is 6. The quantitative estimate of drug-likeness (QED) is 0.304. The van der Waals surface area contributed by atoms with Crippen LogP contribution in [0.5, 0.6) is 0 Å². The zero-order valence-corrected chi connectivity index (χ0v) is 18.1. The summed E-state index contributed by atoms with van der Waals surface area (Å²) in [6.45, 7) is 3.42. The van der Waals surface area contributed by atoms with Crippen molar-refractivity contribution < 1.29 is 17.7 Å². The van der Waals surface area contributed by atoms with E-state index >= 15 is 0 Å². The van der Waals surface area contributed by atoms with Crippen LogP contribution in [-0.4, -0.2) is 81.2 Å². The fraction of sp³-hybridized carbons (Fsp3) is 0.789. The van der Waals surface area contributed by atoms with Crippen molar-refractivity contribution in [3.63, 3.8) is 0 Å². The number of ether oxygens (including phenoxy) is 1. The smallest absolute Gasteiger partial charge is 0.220 e. The number of aliphatic imine (C=N–C) groups is 1. The van der Waals surface area contributed by atoms with Crippen LogP contribution in [0.15, 0.2) is 21.8 Å². The third-order valence-electron chi connectivity index (χ3n) is 5.51. The Morgan fingerprint density at radius 2 is 1.97 bits per heavy atom. The Balaban J connectivity index is 1.39. The summed E-state index contributed by atoms with van der Waals surface area (Å²) in [5.41, 5.74) is 0.429. The fourth-order valence-electron chi connectivity index (χ4n) is 3.90. The third kappa shape index (κ3) is 6.68. The van der Waals surface area contributed by atoms with Crippen molar-refractivity contribution in [1.82, 2.24) is 19.7 Å². The average molecular weight is 428 g/mol. The number of piperazine rings is 1. The van der Waals surface area contributed by atoms with Gasteiger partial charge in [0.2, 0.25) is 10.0 Å². The molecule has 0 amide bonds. The van der Waals surface area contributed by atoms with Crippen LogP contribution in [0.25, 0.3) is 0 Å². The Morgan fingerprint density at radius 3 is 2.59 bits per heavy atom. The van der Waals surface area contributed by atoms with Crippen molar-refractivity contribution in [1.29, 1.82) is 0 Å². The second-order valence-corrected chi connectivity index (χ2v) is 9.56. The largest absolute Gasteiger partial charge is 0.376 e. The normalized spacial score (nSPS) is 20.6. The van der Waals surface area contributed by atoms with Gasteiger partial charge in [-0.3, -0.25) is 4.99 Å². The minimum absolute atomic E-state index is 0.130. The molecule has 0 atom stereocenters. The molecular weight excluding hydrogens is 394 g/mol. The molecule has 1 aliphatic heterocycles. The molecule has 1 saturated carbocycles. The van der Waals surface area contributed by atoms with Crippen LogP contribution in [0, 0.1) is 0 Å². The molecule has 10 heteroatoms. The van der Waals surface area contributed by atoms with Gasteiger partial charge in [0.25, 0.3) is 0 Å². The standard InChI is InChI=1S/C19H33N5O4S/c1-20-19(21-9-15-27-18-6-4-2-3-5-7-18)23-10-12-24(13-11-23)29(25,26)16-17-8-14-28-22-17/h8,14,18H,2-7,9-13,15-16H2,1H3,(H,20,21). The summed E-state index contributed by atoms with van der Waals surface area (Å²) in [7, 11) is -1.64. The van der Waals surface area contributed by atoms with Crippen molar-refractivity contribution in [3.05, 3.63) is 18.0 Å². The summed E-state index contributed by atoms with van der Waals surface area (Å²) >= 11 is 0. The van der Waals surface area contributed by atoms with Crippen molar-refractivity contribution in [2.45, 2.75) is 50.4 Å². The lowest BCUT2D eigenvalue weighted by molar-refractivity contribution is 0.0465. The van der Waals surface area contributed by atoms with E-state index in [4.69, 9.17) is 9.26 Å². The predicted molar refractivity (Wildman–Crippen MR) is 111 cm³/mol. The fourth-order valence-corrected chi connectivity index (χ4v) is 5.32. The van der Waals surface area contributed by atoms with Gasteiger partial charge in [-0.2, -0.15) is 4.31 Å². The van der Waals surface area contributed by atoms with E-state index in [9.17, 15) is 8.42 Å². The molecule has 1 N–H and O–H groups in total. The van der Waals surface area contributed by atoms with Crippen LogP contribution < -0.4 is 5.32 Å². The highest BCUT2D eigenvalue weighted by molar-refractivity contribution is 7.88. The molecule has 9 nitrogen and oxygen atoms in total. The number of sulfonamides is 1. The van der Waals surface area contributed by atoms with Crippen LogP contribution in [-0.2, 0) is 20.5 Å². The molecule has 29 heavy (non-hydrogen) atoms. The molecule has 0 aromatic carbocycles. The molecule has 3 rings (SSSR count). The van der Waals surface area contributed by atoms with Crippen LogP contribution in [0.1, 0.15) is 44.2 Å². The Hall–Kier alpha value is -1.65. The number of rotatable bonds is 7. The van der Waals surface area contributed by atoms with Gasteiger partial charge in [-0.1, -0.05) is 30.8 Å². The molecule has 1 aliphatic carbocycles. The molecule has 1 saturated heterocycles. The van der Waals surface area contributed by atoms with Crippen LogP contribution in [0.3, 0.4) is 0 Å². The van der Waals surface area contributed by atoms with E-state index in [1.807, 2.05) is 0 Å². The molecule has 2 aliphatic rings. The van der Waals surface area contributed by atoms with Crippen LogP contribution in [0.2, 0.25) is 0 Å². The van der Waals surface area contributed by atoms with E-state index in [-0.39, 0.29) is 5.75 Å². The molecule has 2 heterocycles. The second-order valence-electron chi connectivity index (χ2n) is 7.59. The summed E-state index contributed by atoms with van der Waals surface area (Å²) in [5, 5.41) is 7.05. The summed E-state index contributed by atoms with van der Waals surface area (Å²) in [4.78, 5) is 6.44. The monoisotopic (exact) mass is 427 g/mol. The molecule has 0 unspecified atom stereocenters. The number of hydrogen-bond donors (Lipinski definition) is 1. The van der Waals surface area contributed by atoms with Gasteiger partial charge >= 0.3 is 0 Å². The number of nitrogens with zero attached hydrogens (tertiary/aromatic N) is 4. The zero-order chi connectivity index (χ0) is 20.5.